The highest BCUT2D eigenvalue weighted by molar-refractivity contribution is 7.98. The molecule has 1 amide bonds. The molecule has 1 saturated carbocycles. The predicted molar refractivity (Wildman–Crippen MR) is 149 cm³/mol. The Labute approximate surface area is 219 Å². The number of anilines is 1. The lowest BCUT2D eigenvalue weighted by atomic mass is 9.83. The van der Waals surface area contributed by atoms with Gasteiger partial charge >= 0.3 is 5.97 Å². The van der Waals surface area contributed by atoms with E-state index in [4.69, 9.17) is 0 Å². The molecule has 6 nitrogen and oxygen atoms in total. The third-order valence-corrected chi connectivity index (χ3v) is 7.80. The van der Waals surface area contributed by atoms with E-state index in [0.717, 1.165) is 28.8 Å². The van der Waals surface area contributed by atoms with E-state index < -0.39 is 12.0 Å². The fourth-order valence-corrected chi connectivity index (χ4v) is 5.53. The molecule has 1 aliphatic rings. The summed E-state index contributed by atoms with van der Waals surface area (Å²) in [6.45, 7) is 2.82. The number of thioether (sulfide) groups is 1. The molecule has 0 aromatic heterocycles. The van der Waals surface area contributed by atoms with Crippen molar-refractivity contribution in [2.75, 3.05) is 30.5 Å². The van der Waals surface area contributed by atoms with E-state index in [9.17, 15) is 19.8 Å². The topological polar surface area (TPSA) is 98.7 Å². The first-order chi connectivity index (χ1) is 17.4. The molecule has 1 unspecified atom stereocenters. The minimum Gasteiger partial charge on any atom is -0.480 e. The molecule has 0 radical (unpaired) electrons. The van der Waals surface area contributed by atoms with E-state index >= 15 is 0 Å². The van der Waals surface area contributed by atoms with Gasteiger partial charge in [0, 0.05) is 24.4 Å². The predicted octanol–water partition coefficient (Wildman–Crippen LogP) is 5.59. The first kappa shape index (κ1) is 28.1. The monoisotopic (exact) mass is 512 g/mol. The number of rotatable bonds is 13. The summed E-state index contributed by atoms with van der Waals surface area (Å²) >= 11 is 1.55. The zero-order chi connectivity index (χ0) is 25.9. The maximum Gasteiger partial charge on any atom is 0.326 e. The first-order valence-electron chi connectivity index (χ1n) is 13.0. The molecular weight excluding hydrogens is 472 g/mol. The van der Waals surface area contributed by atoms with Crippen LogP contribution in [-0.2, 0) is 4.79 Å². The van der Waals surface area contributed by atoms with Crippen LogP contribution in [-0.4, -0.2) is 53.3 Å². The van der Waals surface area contributed by atoms with E-state index in [2.05, 4.69) is 10.6 Å². The van der Waals surface area contributed by atoms with Crippen LogP contribution in [0.1, 0.15) is 60.9 Å². The van der Waals surface area contributed by atoms with Gasteiger partial charge in [-0.1, -0.05) is 56.4 Å². The second kappa shape index (κ2) is 14.3. The highest BCUT2D eigenvalue weighted by Crippen LogP contribution is 2.31. The van der Waals surface area contributed by atoms with Crippen molar-refractivity contribution in [1.82, 2.24) is 5.32 Å². The zero-order valence-corrected chi connectivity index (χ0v) is 22.3. The second-order valence-corrected chi connectivity index (χ2v) is 10.9. The van der Waals surface area contributed by atoms with Crippen LogP contribution in [0.3, 0.4) is 0 Å². The fraction of sp³-hybridized carbons (Fsp3) is 0.517. The van der Waals surface area contributed by atoms with Crippen LogP contribution in [0.5, 0.6) is 0 Å². The number of aliphatic hydroxyl groups excluding tert-OH is 1. The maximum atomic E-state index is 13.2. The van der Waals surface area contributed by atoms with Crippen LogP contribution < -0.4 is 10.6 Å². The SMILES string of the molecule is CSCC[C@H](NC(=O)c1ccc(NCC(CO)CC2CCCCC2)cc1-c1ccccc1C)C(=O)O. The number of nitrogens with one attached hydrogen (secondary N) is 2. The molecule has 196 valence electrons. The molecule has 3 rings (SSSR count). The van der Waals surface area contributed by atoms with Crippen molar-refractivity contribution in [3.8, 4) is 11.1 Å². The van der Waals surface area contributed by atoms with Gasteiger partial charge in [-0.15, -0.1) is 0 Å². The van der Waals surface area contributed by atoms with Crippen LogP contribution in [0.25, 0.3) is 11.1 Å². The molecule has 36 heavy (non-hydrogen) atoms. The summed E-state index contributed by atoms with van der Waals surface area (Å²) < 4.78 is 0. The smallest absolute Gasteiger partial charge is 0.326 e. The number of aryl methyl sites for hydroxylation is 1. The molecule has 1 fully saturated rings. The van der Waals surface area contributed by atoms with E-state index in [-0.39, 0.29) is 18.4 Å². The van der Waals surface area contributed by atoms with E-state index in [1.165, 1.54) is 32.1 Å². The van der Waals surface area contributed by atoms with E-state index in [1.807, 2.05) is 49.6 Å². The van der Waals surface area contributed by atoms with E-state index in [0.29, 0.717) is 30.2 Å². The van der Waals surface area contributed by atoms with Crippen molar-refractivity contribution in [2.24, 2.45) is 11.8 Å². The Hall–Kier alpha value is -2.51. The summed E-state index contributed by atoms with van der Waals surface area (Å²) in [5.74, 6) is 0.114. The number of hydrogen-bond donors (Lipinski definition) is 4. The summed E-state index contributed by atoms with van der Waals surface area (Å²) in [7, 11) is 0. The number of carboxylic acid groups (broad SMARTS) is 1. The van der Waals surface area contributed by atoms with Gasteiger partial charge < -0.3 is 20.8 Å². The minimum atomic E-state index is -1.03. The van der Waals surface area contributed by atoms with Crippen LogP contribution in [0.4, 0.5) is 5.69 Å². The number of amides is 1. The summed E-state index contributed by atoms with van der Waals surface area (Å²) in [5.41, 5.74) is 4.06. The highest BCUT2D eigenvalue weighted by Gasteiger charge is 2.23. The van der Waals surface area contributed by atoms with Crippen LogP contribution >= 0.6 is 11.8 Å². The molecule has 2 aromatic rings. The van der Waals surface area contributed by atoms with Gasteiger partial charge in [0.25, 0.3) is 5.91 Å². The summed E-state index contributed by atoms with van der Waals surface area (Å²) in [6.07, 6.45) is 9.73. The number of hydrogen-bond acceptors (Lipinski definition) is 5. The highest BCUT2D eigenvalue weighted by atomic mass is 32.2. The maximum absolute atomic E-state index is 13.2. The number of aliphatic hydroxyl groups is 1. The zero-order valence-electron chi connectivity index (χ0n) is 21.5. The summed E-state index contributed by atoms with van der Waals surface area (Å²) in [4.78, 5) is 24.9. The Kier molecular flexibility index (Phi) is 11.1. The molecule has 1 aliphatic carbocycles. The van der Waals surface area contributed by atoms with Crippen molar-refractivity contribution in [2.45, 2.75) is 57.9 Å². The van der Waals surface area contributed by atoms with Crippen molar-refractivity contribution < 1.29 is 19.8 Å². The fourth-order valence-electron chi connectivity index (χ4n) is 5.06. The Morgan fingerprint density at radius 3 is 2.50 bits per heavy atom. The molecule has 0 spiro atoms. The molecule has 0 heterocycles. The van der Waals surface area contributed by atoms with Gasteiger partial charge in [0.15, 0.2) is 0 Å². The lowest BCUT2D eigenvalue weighted by molar-refractivity contribution is -0.139. The third-order valence-electron chi connectivity index (χ3n) is 7.16. The number of carbonyl (C=O) groups is 2. The van der Waals surface area contributed by atoms with Gasteiger partial charge in [-0.25, -0.2) is 4.79 Å². The quantitative estimate of drug-likeness (QED) is 0.279. The van der Waals surface area contributed by atoms with Crippen LogP contribution in [0.2, 0.25) is 0 Å². The summed E-state index contributed by atoms with van der Waals surface area (Å²) in [6, 6.07) is 12.5. The Bertz CT molecular complexity index is 1010. The standard InChI is InChI=1S/C29H40N2O4S/c1-20-8-6-7-11-24(20)26-17-23(30-18-22(19-32)16-21-9-4-3-5-10-21)12-13-25(26)28(33)31-27(29(34)35)14-15-36-2/h6-8,11-13,17,21-22,27,30,32H,3-5,9-10,14-16,18-19H2,1-2H3,(H,31,33)(H,34,35)/t22?,27-/m0/s1. The van der Waals surface area contributed by atoms with Gasteiger partial charge in [-0.3, -0.25) is 4.79 Å². The largest absolute Gasteiger partial charge is 0.480 e. The van der Waals surface area contributed by atoms with Crippen molar-refractivity contribution in [1.29, 1.82) is 0 Å². The normalized spacial score (nSPS) is 15.8. The molecule has 2 atom stereocenters. The van der Waals surface area contributed by atoms with E-state index in [1.54, 1.807) is 17.8 Å². The summed E-state index contributed by atoms with van der Waals surface area (Å²) in [5, 5.41) is 25.7. The number of carboxylic acids is 1. The van der Waals surface area contributed by atoms with Crippen LogP contribution in [0.15, 0.2) is 42.5 Å². The van der Waals surface area contributed by atoms with Gasteiger partial charge in [-0.2, -0.15) is 11.8 Å². The lowest BCUT2D eigenvalue weighted by Gasteiger charge is -2.26. The molecule has 7 heteroatoms. The third kappa shape index (κ3) is 8.00. The van der Waals surface area contributed by atoms with Crippen LogP contribution in [0, 0.1) is 18.8 Å². The molecule has 0 saturated heterocycles. The Balaban J connectivity index is 1.81. The molecule has 4 N–H and O–H groups in total. The second-order valence-electron chi connectivity index (χ2n) is 9.89. The van der Waals surface area contributed by atoms with Crippen molar-refractivity contribution >= 4 is 29.3 Å². The number of carbonyl (C=O) groups excluding carboxylic acids is 1. The van der Waals surface area contributed by atoms with Gasteiger partial charge in [0.1, 0.15) is 6.04 Å². The van der Waals surface area contributed by atoms with Crippen molar-refractivity contribution in [3.05, 3.63) is 53.6 Å². The molecule has 0 bridgehead atoms. The Morgan fingerprint density at radius 2 is 1.83 bits per heavy atom. The van der Waals surface area contributed by atoms with Gasteiger partial charge in [0.2, 0.25) is 0 Å². The average Bonchev–Trinajstić information content (AvgIpc) is 2.89. The number of aliphatic carboxylic acids is 1. The van der Waals surface area contributed by atoms with Crippen molar-refractivity contribution in [3.63, 3.8) is 0 Å². The van der Waals surface area contributed by atoms with Gasteiger partial charge in [-0.05, 0) is 78.5 Å². The molecule has 2 aromatic carbocycles. The minimum absolute atomic E-state index is 0.154. The molecular formula is C29H40N2O4S. The number of benzene rings is 2. The first-order valence-corrected chi connectivity index (χ1v) is 14.4. The average molecular weight is 513 g/mol. The Morgan fingerprint density at radius 1 is 1.08 bits per heavy atom. The van der Waals surface area contributed by atoms with Gasteiger partial charge in [0.05, 0.1) is 0 Å². The lowest BCUT2D eigenvalue weighted by Crippen LogP contribution is -2.41. The molecule has 0 aliphatic heterocycles.